The summed E-state index contributed by atoms with van der Waals surface area (Å²) >= 11 is 6.37. The van der Waals surface area contributed by atoms with E-state index in [2.05, 4.69) is 23.2 Å². The smallest absolute Gasteiger partial charge is 0.0716 e. The van der Waals surface area contributed by atoms with Gasteiger partial charge in [0.15, 0.2) is 0 Å². The number of hydrogen-bond acceptors (Lipinski definition) is 1. The van der Waals surface area contributed by atoms with Gasteiger partial charge >= 0.3 is 0 Å². The van der Waals surface area contributed by atoms with Gasteiger partial charge in [-0.1, -0.05) is 60.1 Å². The molecular weight excluding hydrogens is 254 g/mol. The highest BCUT2D eigenvalue weighted by molar-refractivity contribution is 6.33. The largest absolute Gasteiger partial charge is 0.256 e. The van der Waals surface area contributed by atoms with Crippen LogP contribution in [0, 0.1) is 0 Å². The zero-order chi connectivity index (χ0) is 13.1. The minimum Gasteiger partial charge on any atom is -0.256 e. The van der Waals surface area contributed by atoms with E-state index in [0.29, 0.717) is 0 Å². The van der Waals surface area contributed by atoms with Crippen molar-refractivity contribution >= 4 is 11.6 Å². The molecule has 2 heteroatoms. The van der Waals surface area contributed by atoms with Crippen molar-refractivity contribution in [2.24, 2.45) is 0 Å². The Bertz CT molecular complexity index is 678. The fourth-order valence-electron chi connectivity index (χ4n) is 2.06. The molecule has 3 aromatic rings. The third kappa shape index (κ3) is 2.51. The summed E-state index contributed by atoms with van der Waals surface area (Å²) in [5, 5.41) is 0.722. The van der Waals surface area contributed by atoms with Crippen LogP contribution < -0.4 is 0 Å². The number of hydrogen-bond donors (Lipinski definition) is 0. The van der Waals surface area contributed by atoms with Crippen LogP contribution >= 0.6 is 11.6 Å². The quantitative estimate of drug-likeness (QED) is 0.630. The second-order valence-electron chi connectivity index (χ2n) is 4.28. The van der Waals surface area contributed by atoms with Crippen LogP contribution in [-0.4, -0.2) is 4.98 Å². The maximum Gasteiger partial charge on any atom is 0.0716 e. The van der Waals surface area contributed by atoms with Gasteiger partial charge in [-0.25, -0.2) is 0 Å². The number of halogens is 1. The summed E-state index contributed by atoms with van der Waals surface area (Å²) in [6.45, 7) is 0. The van der Waals surface area contributed by atoms with Crippen LogP contribution in [0.4, 0.5) is 0 Å². The summed E-state index contributed by atoms with van der Waals surface area (Å²) in [5.41, 5.74) is 4.14. The molecule has 0 spiro atoms. The summed E-state index contributed by atoms with van der Waals surface area (Å²) in [5.74, 6) is 0. The molecule has 92 valence electrons. The summed E-state index contributed by atoms with van der Waals surface area (Å²) in [7, 11) is 0. The van der Waals surface area contributed by atoms with Gasteiger partial charge in [0.2, 0.25) is 0 Å². The summed E-state index contributed by atoms with van der Waals surface area (Å²) in [6, 6.07) is 22.1. The maximum absolute atomic E-state index is 6.37. The Morgan fingerprint density at radius 3 is 2.21 bits per heavy atom. The van der Waals surface area contributed by atoms with Gasteiger partial charge < -0.3 is 0 Å². The minimum absolute atomic E-state index is 0.722. The number of pyridine rings is 1. The van der Waals surface area contributed by atoms with Crippen LogP contribution in [0.3, 0.4) is 0 Å². The summed E-state index contributed by atoms with van der Waals surface area (Å²) in [4.78, 5) is 4.33. The molecule has 0 aliphatic rings. The predicted octanol–water partition coefficient (Wildman–Crippen LogP) is 5.07. The minimum atomic E-state index is 0.722. The molecule has 1 aromatic heterocycles. The van der Waals surface area contributed by atoms with Gasteiger partial charge in [0.1, 0.15) is 0 Å². The standard InChI is InChI=1S/C17H12ClN/c18-16-12-14(13-6-2-1-3-7-13)9-10-15(16)17-8-4-5-11-19-17/h1-12H. The van der Waals surface area contributed by atoms with Crippen LogP contribution in [0.25, 0.3) is 22.4 Å². The highest BCUT2D eigenvalue weighted by atomic mass is 35.5. The monoisotopic (exact) mass is 265 g/mol. The van der Waals surface area contributed by atoms with Crippen molar-refractivity contribution in [2.75, 3.05) is 0 Å². The molecule has 0 amide bonds. The fraction of sp³-hybridized carbons (Fsp3) is 0. The molecule has 2 aromatic carbocycles. The SMILES string of the molecule is Clc1cc(-c2ccccc2)ccc1-c1ccccn1. The molecule has 0 N–H and O–H groups in total. The lowest BCUT2D eigenvalue weighted by Gasteiger charge is -2.07. The van der Waals surface area contributed by atoms with Crippen molar-refractivity contribution in [1.29, 1.82) is 0 Å². The first-order valence-electron chi connectivity index (χ1n) is 6.11. The Kier molecular flexibility index (Phi) is 3.30. The highest BCUT2D eigenvalue weighted by Crippen LogP contribution is 2.30. The molecule has 0 aliphatic heterocycles. The molecule has 0 saturated heterocycles. The van der Waals surface area contributed by atoms with E-state index in [0.717, 1.165) is 27.4 Å². The number of benzene rings is 2. The van der Waals surface area contributed by atoms with Gasteiger partial charge in [0.25, 0.3) is 0 Å². The van der Waals surface area contributed by atoms with E-state index in [4.69, 9.17) is 11.6 Å². The second-order valence-corrected chi connectivity index (χ2v) is 4.68. The van der Waals surface area contributed by atoms with Gasteiger partial charge in [-0.15, -0.1) is 0 Å². The maximum atomic E-state index is 6.37. The van der Waals surface area contributed by atoms with E-state index < -0.39 is 0 Å². The van der Waals surface area contributed by atoms with Crippen LogP contribution in [0.5, 0.6) is 0 Å². The number of rotatable bonds is 2. The first-order chi connectivity index (χ1) is 9.34. The first-order valence-corrected chi connectivity index (χ1v) is 6.49. The van der Waals surface area contributed by atoms with Crippen molar-refractivity contribution in [2.45, 2.75) is 0 Å². The van der Waals surface area contributed by atoms with E-state index in [1.54, 1.807) is 6.20 Å². The normalized spacial score (nSPS) is 10.4. The summed E-state index contributed by atoms with van der Waals surface area (Å²) in [6.07, 6.45) is 1.77. The third-order valence-electron chi connectivity index (χ3n) is 3.02. The van der Waals surface area contributed by atoms with E-state index >= 15 is 0 Å². The van der Waals surface area contributed by atoms with E-state index in [1.165, 1.54) is 0 Å². The average molecular weight is 266 g/mol. The number of nitrogens with zero attached hydrogens (tertiary/aromatic N) is 1. The second kappa shape index (κ2) is 5.25. The lowest BCUT2D eigenvalue weighted by Crippen LogP contribution is -1.85. The molecule has 0 radical (unpaired) electrons. The van der Waals surface area contributed by atoms with Crippen molar-refractivity contribution in [3.63, 3.8) is 0 Å². The molecule has 0 saturated carbocycles. The molecule has 3 rings (SSSR count). The summed E-state index contributed by atoms with van der Waals surface area (Å²) < 4.78 is 0. The molecule has 1 heterocycles. The average Bonchev–Trinajstić information content (AvgIpc) is 2.49. The highest BCUT2D eigenvalue weighted by Gasteiger charge is 2.06. The molecule has 1 nitrogen and oxygen atoms in total. The fourth-order valence-corrected chi connectivity index (χ4v) is 2.33. The molecular formula is C17H12ClN. The van der Waals surface area contributed by atoms with Gasteiger partial charge in [-0.3, -0.25) is 4.98 Å². The molecule has 0 unspecified atom stereocenters. The first kappa shape index (κ1) is 11.9. The van der Waals surface area contributed by atoms with Crippen molar-refractivity contribution in [1.82, 2.24) is 4.98 Å². The zero-order valence-corrected chi connectivity index (χ0v) is 11.0. The van der Waals surface area contributed by atoms with Crippen LogP contribution in [0.15, 0.2) is 72.9 Å². The van der Waals surface area contributed by atoms with Crippen LogP contribution in [0.1, 0.15) is 0 Å². The third-order valence-corrected chi connectivity index (χ3v) is 3.33. The molecule has 0 fully saturated rings. The molecule has 19 heavy (non-hydrogen) atoms. The van der Waals surface area contributed by atoms with E-state index in [1.807, 2.05) is 48.5 Å². The predicted molar refractivity (Wildman–Crippen MR) is 80.1 cm³/mol. The van der Waals surface area contributed by atoms with Gasteiger partial charge in [-0.2, -0.15) is 0 Å². The zero-order valence-electron chi connectivity index (χ0n) is 10.3. The topological polar surface area (TPSA) is 12.9 Å². The van der Waals surface area contributed by atoms with Crippen LogP contribution in [-0.2, 0) is 0 Å². The lowest BCUT2D eigenvalue weighted by atomic mass is 10.0. The van der Waals surface area contributed by atoms with Crippen LogP contribution in [0.2, 0.25) is 5.02 Å². The Morgan fingerprint density at radius 2 is 1.53 bits per heavy atom. The van der Waals surface area contributed by atoms with E-state index in [9.17, 15) is 0 Å². The van der Waals surface area contributed by atoms with Gasteiger partial charge in [0.05, 0.1) is 10.7 Å². The van der Waals surface area contributed by atoms with Gasteiger partial charge in [-0.05, 0) is 29.3 Å². The lowest BCUT2D eigenvalue weighted by molar-refractivity contribution is 1.33. The van der Waals surface area contributed by atoms with E-state index in [-0.39, 0.29) is 0 Å². The molecule has 0 bridgehead atoms. The Morgan fingerprint density at radius 1 is 0.737 bits per heavy atom. The van der Waals surface area contributed by atoms with Gasteiger partial charge in [0, 0.05) is 11.8 Å². The van der Waals surface area contributed by atoms with Crippen molar-refractivity contribution < 1.29 is 0 Å². The van der Waals surface area contributed by atoms with Crippen molar-refractivity contribution in [3.8, 4) is 22.4 Å². The molecule has 0 aliphatic carbocycles. The molecule has 0 atom stereocenters. The van der Waals surface area contributed by atoms with Crippen molar-refractivity contribution in [3.05, 3.63) is 77.9 Å². The Balaban J connectivity index is 2.04. The Hall–Kier alpha value is -2.12. The Labute approximate surface area is 117 Å². The number of aromatic nitrogens is 1.